The topological polar surface area (TPSA) is 64.2 Å². The Morgan fingerprint density at radius 1 is 1.24 bits per heavy atom. The van der Waals surface area contributed by atoms with Crippen LogP contribution < -0.4 is 15.0 Å². The minimum atomic E-state index is -0.172. The van der Waals surface area contributed by atoms with Crippen LogP contribution in [-0.2, 0) is 6.42 Å². The second kappa shape index (κ2) is 6.09. The third-order valence-electron chi connectivity index (χ3n) is 4.20. The second-order valence-electron chi connectivity index (χ2n) is 6.02. The van der Waals surface area contributed by atoms with Crippen molar-refractivity contribution in [2.75, 3.05) is 6.61 Å². The van der Waals surface area contributed by atoms with Crippen LogP contribution in [0.1, 0.15) is 23.6 Å². The van der Waals surface area contributed by atoms with E-state index in [0.29, 0.717) is 41.8 Å². The van der Waals surface area contributed by atoms with E-state index in [1.165, 1.54) is 0 Å². The largest absolute Gasteiger partial charge is 0.490 e. The first kappa shape index (κ1) is 15.4. The lowest BCUT2D eigenvalue weighted by Crippen LogP contribution is -2.20. The molecule has 5 heteroatoms. The molecule has 1 aromatic heterocycles. The summed E-state index contributed by atoms with van der Waals surface area (Å²) >= 11 is 0. The number of fused-ring (bicyclic) bond motifs is 2. The molecule has 0 atom stereocenters. The molecule has 0 bridgehead atoms. The Bertz CT molecular complexity index is 1010. The zero-order chi connectivity index (χ0) is 17.4. The molecular formula is C20H18N2O3. The molecular weight excluding hydrogens is 316 g/mol. The van der Waals surface area contributed by atoms with Crippen LogP contribution in [0.15, 0.2) is 47.3 Å². The summed E-state index contributed by atoms with van der Waals surface area (Å²) in [6.07, 6.45) is 0.474. The van der Waals surface area contributed by atoms with E-state index in [1.807, 2.05) is 56.3 Å². The number of nitrogens with one attached hydrogen (secondary N) is 1. The van der Waals surface area contributed by atoms with Crippen LogP contribution in [0.4, 0.5) is 0 Å². The fourth-order valence-corrected chi connectivity index (χ4v) is 3.02. The lowest BCUT2D eigenvalue weighted by atomic mass is 10.0. The standard InChI is InChI=1S/C20H18N2O3/c1-3-24-16-9-5-7-13-11-15-19(23)21-18(22-20(15)25-17(13)16)14-8-4-6-12(2)10-14/h4-10H,3,11H2,1-2H3,(H,21,22,23). The molecule has 0 saturated carbocycles. The molecule has 1 aliphatic rings. The first-order valence-corrected chi connectivity index (χ1v) is 8.28. The molecule has 4 rings (SSSR count). The number of nitrogens with zero attached hydrogens (tertiary/aromatic N) is 1. The summed E-state index contributed by atoms with van der Waals surface area (Å²) < 4.78 is 11.6. The number of ether oxygens (including phenoxy) is 2. The molecule has 0 spiro atoms. The van der Waals surface area contributed by atoms with Crippen molar-refractivity contribution in [1.29, 1.82) is 0 Å². The van der Waals surface area contributed by atoms with Gasteiger partial charge in [-0.1, -0.05) is 35.9 Å². The lowest BCUT2D eigenvalue weighted by molar-refractivity contribution is 0.315. The van der Waals surface area contributed by atoms with E-state index in [2.05, 4.69) is 9.97 Å². The Morgan fingerprint density at radius 2 is 2.08 bits per heavy atom. The SMILES string of the molecule is CCOc1cccc2c1Oc1nc(-c3cccc(C)c3)[nH]c(=O)c1C2. The molecule has 0 radical (unpaired) electrons. The van der Waals surface area contributed by atoms with Crippen molar-refractivity contribution >= 4 is 0 Å². The normalized spacial score (nSPS) is 12.1. The van der Waals surface area contributed by atoms with E-state index in [-0.39, 0.29) is 5.56 Å². The van der Waals surface area contributed by atoms with Crippen molar-refractivity contribution in [2.24, 2.45) is 0 Å². The van der Waals surface area contributed by atoms with Gasteiger partial charge < -0.3 is 14.5 Å². The highest BCUT2D eigenvalue weighted by Crippen LogP contribution is 2.40. The molecule has 0 saturated heterocycles. The smallest absolute Gasteiger partial charge is 0.258 e. The average Bonchev–Trinajstić information content (AvgIpc) is 2.61. The second-order valence-corrected chi connectivity index (χ2v) is 6.02. The van der Waals surface area contributed by atoms with Gasteiger partial charge in [0.25, 0.3) is 5.56 Å². The van der Waals surface area contributed by atoms with Crippen molar-refractivity contribution < 1.29 is 9.47 Å². The number of hydrogen-bond donors (Lipinski definition) is 1. The summed E-state index contributed by atoms with van der Waals surface area (Å²) in [6.45, 7) is 4.47. The Kier molecular flexibility index (Phi) is 3.76. The number of aryl methyl sites for hydroxylation is 1. The first-order chi connectivity index (χ1) is 12.2. The fraction of sp³-hybridized carbons (Fsp3) is 0.200. The predicted molar refractivity (Wildman–Crippen MR) is 95.5 cm³/mol. The van der Waals surface area contributed by atoms with Crippen molar-refractivity contribution in [3.05, 3.63) is 69.5 Å². The average molecular weight is 334 g/mol. The van der Waals surface area contributed by atoms with E-state index in [4.69, 9.17) is 9.47 Å². The number of hydrogen-bond acceptors (Lipinski definition) is 4. The summed E-state index contributed by atoms with van der Waals surface area (Å²) in [5, 5.41) is 0. The molecule has 5 nitrogen and oxygen atoms in total. The van der Waals surface area contributed by atoms with Gasteiger partial charge in [-0.3, -0.25) is 4.79 Å². The summed E-state index contributed by atoms with van der Waals surface area (Å²) in [7, 11) is 0. The van der Waals surface area contributed by atoms with Crippen molar-refractivity contribution in [1.82, 2.24) is 9.97 Å². The third kappa shape index (κ3) is 2.78. The van der Waals surface area contributed by atoms with Crippen LogP contribution in [0.2, 0.25) is 0 Å². The van der Waals surface area contributed by atoms with E-state index >= 15 is 0 Å². The molecule has 25 heavy (non-hydrogen) atoms. The van der Waals surface area contributed by atoms with Gasteiger partial charge in [-0.2, -0.15) is 4.98 Å². The van der Waals surface area contributed by atoms with E-state index in [0.717, 1.165) is 16.7 Å². The van der Waals surface area contributed by atoms with Gasteiger partial charge in [0.1, 0.15) is 5.82 Å². The first-order valence-electron chi connectivity index (χ1n) is 8.28. The quantitative estimate of drug-likeness (QED) is 0.618. The lowest BCUT2D eigenvalue weighted by Gasteiger charge is -2.21. The Morgan fingerprint density at radius 3 is 2.88 bits per heavy atom. The molecule has 1 aliphatic heterocycles. The maximum Gasteiger partial charge on any atom is 0.258 e. The minimum Gasteiger partial charge on any atom is -0.490 e. The van der Waals surface area contributed by atoms with Gasteiger partial charge in [0.15, 0.2) is 11.5 Å². The van der Waals surface area contributed by atoms with Crippen molar-refractivity contribution in [3.63, 3.8) is 0 Å². The summed E-state index contributed by atoms with van der Waals surface area (Å²) in [4.78, 5) is 20.0. The number of aromatic amines is 1. The molecule has 3 aromatic rings. The van der Waals surface area contributed by atoms with Gasteiger partial charge in [-0.05, 0) is 26.0 Å². The van der Waals surface area contributed by atoms with E-state index in [9.17, 15) is 4.79 Å². The highest BCUT2D eigenvalue weighted by atomic mass is 16.5. The van der Waals surface area contributed by atoms with Crippen LogP contribution in [0.3, 0.4) is 0 Å². The molecule has 2 heterocycles. The van der Waals surface area contributed by atoms with Gasteiger partial charge in [0, 0.05) is 17.5 Å². The van der Waals surface area contributed by atoms with Gasteiger partial charge in [-0.15, -0.1) is 0 Å². The van der Waals surface area contributed by atoms with E-state index < -0.39 is 0 Å². The third-order valence-corrected chi connectivity index (χ3v) is 4.20. The molecule has 126 valence electrons. The molecule has 1 N–H and O–H groups in total. The van der Waals surface area contributed by atoms with Gasteiger partial charge in [-0.25, -0.2) is 0 Å². The minimum absolute atomic E-state index is 0.172. The van der Waals surface area contributed by atoms with Crippen LogP contribution in [0, 0.1) is 6.92 Å². The Hall–Kier alpha value is -3.08. The predicted octanol–water partition coefficient (Wildman–Crippen LogP) is 3.84. The molecule has 0 amide bonds. The zero-order valence-electron chi connectivity index (χ0n) is 14.1. The number of benzene rings is 2. The monoisotopic (exact) mass is 334 g/mol. The maximum absolute atomic E-state index is 12.6. The van der Waals surface area contributed by atoms with Crippen LogP contribution >= 0.6 is 0 Å². The fourth-order valence-electron chi connectivity index (χ4n) is 3.02. The van der Waals surface area contributed by atoms with Crippen LogP contribution in [0.25, 0.3) is 11.4 Å². The van der Waals surface area contributed by atoms with Crippen LogP contribution in [0.5, 0.6) is 17.4 Å². The number of aromatic nitrogens is 2. The summed E-state index contributed by atoms with van der Waals surface area (Å²) in [5.74, 6) is 2.17. The van der Waals surface area contributed by atoms with Crippen molar-refractivity contribution in [3.8, 4) is 28.8 Å². The maximum atomic E-state index is 12.6. The number of rotatable bonds is 3. The zero-order valence-corrected chi connectivity index (χ0v) is 14.1. The Labute approximate surface area is 145 Å². The Balaban J connectivity index is 1.81. The molecule has 2 aromatic carbocycles. The summed E-state index contributed by atoms with van der Waals surface area (Å²) in [6, 6.07) is 13.5. The highest BCUT2D eigenvalue weighted by molar-refractivity contribution is 5.59. The van der Waals surface area contributed by atoms with Gasteiger partial charge >= 0.3 is 0 Å². The van der Waals surface area contributed by atoms with Crippen LogP contribution in [-0.4, -0.2) is 16.6 Å². The molecule has 0 aliphatic carbocycles. The van der Waals surface area contributed by atoms with Gasteiger partial charge in [0.2, 0.25) is 5.88 Å². The number of para-hydroxylation sites is 1. The summed E-state index contributed by atoms with van der Waals surface area (Å²) in [5.41, 5.74) is 3.25. The van der Waals surface area contributed by atoms with Crippen molar-refractivity contribution in [2.45, 2.75) is 20.3 Å². The number of H-pyrrole nitrogens is 1. The molecule has 0 unspecified atom stereocenters. The molecule has 0 fully saturated rings. The van der Waals surface area contributed by atoms with E-state index in [1.54, 1.807) is 0 Å². The highest BCUT2D eigenvalue weighted by Gasteiger charge is 2.25. The van der Waals surface area contributed by atoms with Gasteiger partial charge in [0.05, 0.1) is 12.2 Å².